The van der Waals surface area contributed by atoms with Crippen LogP contribution in [0.1, 0.15) is 11.3 Å². The first-order chi connectivity index (χ1) is 12.7. The maximum Gasteiger partial charge on any atom is 0.310 e. The molecule has 1 aliphatic heterocycles. The minimum atomic E-state index is -0.406. The van der Waals surface area contributed by atoms with Crippen molar-refractivity contribution >= 4 is 11.6 Å². The van der Waals surface area contributed by atoms with Crippen LogP contribution in [0.2, 0.25) is 0 Å². The summed E-state index contributed by atoms with van der Waals surface area (Å²) in [5.41, 5.74) is 1.48. The molecule has 0 amide bonds. The zero-order valence-corrected chi connectivity index (χ0v) is 13.9. The number of fused-ring (bicyclic) bond motifs is 2. The fourth-order valence-electron chi connectivity index (χ4n) is 2.75. The molecule has 1 aromatic carbocycles. The summed E-state index contributed by atoms with van der Waals surface area (Å²) in [5.74, 6) is 0.900. The second-order valence-electron chi connectivity index (χ2n) is 5.83. The van der Waals surface area contributed by atoms with Crippen molar-refractivity contribution in [1.82, 2.24) is 9.38 Å². The number of benzene rings is 1. The molecule has 0 radical (unpaired) electrons. The molecule has 0 atom stereocenters. The van der Waals surface area contributed by atoms with E-state index in [1.165, 1.54) is 10.5 Å². The van der Waals surface area contributed by atoms with Crippen LogP contribution in [0, 0.1) is 0 Å². The summed E-state index contributed by atoms with van der Waals surface area (Å²) in [6, 6.07) is 12.0. The van der Waals surface area contributed by atoms with E-state index in [-0.39, 0.29) is 18.6 Å². The number of pyridine rings is 1. The van der Waals surface area contributed by atoms with Gasteiger partial charge in [0.15, 0.2) is 11.5 Å². The molecular formula is C19H16N2O5. The summed E-state index contributed by atoms with van der Waals surface area (Å²) >= 11 is 0. The number of carbonyl (C=O) groups excluding carboxylic acids is 1. The van der Waals surface area contributed by atoms with Crippen molar-refractivity contribution in [2.75, 3.05) is 13.2 Å². The number of aromatic nitrogens is 2. The zero-order valence-electron chi connectivity index (χ0n) is 13.9. The highest BCUT2D eigenvalue weighted by Crippen LogP contribution is 2.30. The molecule has 0 saturated heterocycles. The molecule has 26 heavy (non-hydrogen) atoms. The van der Waals surface area contributed by atoms with Crippen LogP contribution in [0.25, 0.3) is 5.65 Å². The van der Waals surface area contributed by atoms with E-state index in [4.69, 9.17) is 14.2 Å². The number of rotatable bonds is 4. The maximum atomic E-state index is 12.1. The first-order valence-electron chi connectivity index (χ1n) is 8.20. The summed E-state index contributed by atoms with van der Waals surface area (Å²) in [4.78, 5) is 28.4. The van der Waals surface area contributed by atoms with Crippen molar-refractivity contribution in [3.63, 3.8) is 0 Å². The Bertz CT molecular complexity index is 1030. The van der Waals surface area contributed by atoms with Crippen molar-refractivity contribution in [2.45, 2.75) is 13.0 Å². The summed E-state index contributed by atoms with van der Waals surface area (Å²) in [6.07, 6.45) is 1.74. The summed E-state index contributed by atoms with van der Waals surface area (Å²) in [7, 11) is 0. The van der Waals surface area contributed by atoms with Crippen LogP contribution in [-0.2, 0) is 22.6 Å². The van der Waals surface area contributed by atoms with Crippen molar-refractivity contribution in [1.29, 1.82) is 0 Å². The van der Waals surface area contributed by atoms with Gasteiger partial charge in [0.2, 0.25) is 0 Å². The number of carbonyl (C=O) groups is 1. The molecule has 0 spiro atoms. The molecule has 3 heterocycles. The lowest BCUT2D eigenvalue weighted by molar-refractivity contribution is -0.144. The van der Waals surface area contributed by atoms with Crippen molar-refractivity contribution in [3.8, 4) is 11.5 Å². The van der Waals surface area contributed by atoms with Gasteiger partial charge in [-0.3, -0.25) is 14.0 Å². The van der Waals surface area contributed by atoms with E-state index in [1.54, 1.807) is 42.6 Å². The third-order valence-corrected chi connectivity index (χ3v) is 3.96. The van der Waals surface area contributed by atoms with Gasteiger partial charge in [0.25, 0.3) is 5.56 Å². The second kappa shape index (κ2) is 6.87. The lowest BCUT2D eigenvalue weighted by Gasteiger charge is -2.18. The average molecular weight is 352 g/mol. The second-order valence-corrected chi connectivity index (χ2v) is 5.83. The van der Waals surface area contributed by atoms with Gasteiger partial charge in [-0.1, -0.05) is 12.1 Å². The largest absolute Gasteiger partial charge is 0.486 e. The fourth-order valence-corrected chi connectivity index (χ4v) is 2.75. The Hall–Kier alpha value is -3.35. The molecule has 4 rings (SSSR count). The minimum absolute atomic E-state index is 0.0516. The summed E-state index contributed by atoms with van der Waals surface area (Å²) in [6.45, 7) is 0.960. The third-order valence-electron chi connectivity index (χ3n) is 3.96. The Morgan fingerprint density at radius 2 is 1.96 bits per heavy atom. The molecule has 1 aliphatic rings. The van der Waals surface area contributed by atoms with Crippen LogP contribution in [0.3, 0.4) is 0 Å². The predicted molar refractivity (Wildman–Crippen MR) is 92.4 cm³/mol. The van der Waals surface area contributed by atoms with Gasteiger partial charge in [-0.2, -0.15) is 0 Å². The quantitative estimate of drug-likeness (QED) is 0.666. The average Bonchev–Trinajstić information content (AvgIpc) is 2.66. The number of esters is 1. The third kappa shape index (κ3) is 3.37. The molecule has 0 aliphatic carbocycles. The van der Waals surface area contributed by atoms with E-state index >= 15 is 0 Å². The maximum absolute atomic E-state index is 12.1. The molecule has 3 aromatic rings. The monoisotopic (exact) mass is 352 g/mol. The zero-order chi connectivity index (χ0) is 17.9. The molecule has 0 fully saturated rings. The SMILES string of the molecule is O=C(Cc1ccc2c(c1)OCCO2)OCc1cc(=O)n2ccccc2n1. The first-order valence-corrected chi connectivity index (χ1v) is 8.20. The molecule has 132 valence electrons. The van der Waals surface area contributed by atoms with E-state index < -0.39 is 5.97 Å². The van der Waals surface area contributed by atoms with Crippen LogP contribution < -0.4 is 15.0 Å². The summed E-state index contributed by atoms with van der Waals surface area (Å²) in [5, 5.41) is 0. The van der Waals surface area contributed by atoms with Crippen molar-refractivity contribution in [2.24, 2.45) is 0 Å². The van der Waals surface area contributed by atoms with Gasteiger partial charge in [-0.05, 0) is 29.8 Å². The minimum Gasteiger partial charge on any atom is -0.486 e. The Morgan fingerprint density at radius 3 is 2.85 bits per heavy atom. The standard InChI is InChI=1S/C19H16N2O5/c22-18-11-14(20-17-3-1-2-6-21(17)18)12-26-19(23)10-13-4-5-15-16(9-13)25-8-7-24-15/h1-6,9,11H,7-8,10,12H2. The smallest absolute Gasteiger partial charge is 0.310 e. The van der Waals surface area contributed by atoms with Gasteiger partial charge >= 0.3 is 5.97 Å². The normalized spacial score (nSPS) is 12.8. The molecule has 0 unspecified atom stereocenters. The summed E-state index contributed by atoms with van der Waals surface area (Å²) < 4.78 is 17.6. The van der Waals surface area contributed by atoms with Crippen molar-refractivity contribution in [3.05, 3.63) is 70.3 Å². The molecule has 2 aromatic heterocycles. The van der Waals surface area contributed by atoms with Gasteiger partial charge in [0, 0.05) is 12.3 Å². The van der Waals surface area contributed by atoms with Crippen LogP contribution in [0.4, 0.5) is 0 Å². The van der Waals surface area contributed by atoms with Gasteiger partial charge in [0.1, 0.15) is 25.5 Å². The van der Waals surface area contributed by atoms with Gasteiger partial charge in [-0.15, -0.1) is 0 Å². The highest BCUT2D eigenvalue weighted by molar-refractivity contribution is 5.73. The number of ether oxygens (including phenoxy) is 3. The number of hydrogen-bond acceptors (Lipinski definition) is 6. The molecule has 0 bridgehead atoms. The van der Waals surface area contributed by atoms with E-state index in [9.17, 15) is 9.59 Å². The molecule has 7 nitrogen and oxygen atoms in total. The topological polar surface area (TPSA) is 79.1 Å². The lowest BCUT2D eigenvalue weighted by atomic mass is 10.1. The van der Waals surface area contributed by atoms with Gasteiger partial charge in [0.05, 0.1) is 12.1 Å². The Morgan fingerprint density at radius 1 is 1.12 bits per heavy atom. The van der Waals surface area contributed by atoms with Crippen LogP contribution >= 0.6 is 0 Å². The predicted octanol–water partition coefficient (Wildman–Crippen LogP) is 1.75. The first kappa shape index (κ1) is 16.1. The fraction of sp³-hybridized carbons (Fsp3) is 0.211. The Kier molecular flexibility index (Phi) is 4.27. The lowest BCUT2D eigenvalue weighted by Crippen LogP contribution is -2.17. The number of nitrogens with zero attached hydrogens (tertiary/aromatic N) is 2. The Balaban J connectivity index is 1.42. The molecular weight excluding hydrogens is 336 g/mol. The molecule has 0 saturated carbocycles. The van der Waals surface area contributed by atoms with E-state index in [0.29, 0.717) is 36.1 Å². The van der Waals surface area contributed by atoms with E-state index in [2.05, 4.69) is 4.98 Å². The van der Waals surface area contributed by atoms with Crippen LogP contribution in [0.5, 0.6) is 11.5 Å². The van der Waals surface area contributed by atoms with E-state index in [0.717, 1.165) is 5.56 Å². The number of hydrogen-bond donors (Lipinski definition) is 0. The highest BCUT2D eigenvalue weighted by Gasteiger charge is 2.14. The van der Waals surface area contributed by atoms with E-state index in [1.807, 2.05) is 0 Å². The molecule has 0 N–H and O–H groups in total. The van der Waals surface area contributed by atoms with Crippen LogP contribution in [0.15, 0.2) is 53.5 Å². The van der Waals surface area contributed by atoms with Crippen LogP contribution in [-0.4, -0.2) is 28.6 Å². The van der Waals surface area contributed by atoms with Gasteiger partial charge < -0.3 is 14.2 Å². The molecule has 7 heteroatoms. The Labute approximate surface area is 148 Å². The van der Waals surface area contributed by atoms with Crippen molar-refractivity contribution < 1.29 is 19.0 Å². The van der Waals surface area contributed by atoms with Gasteiger partial charge in [-0.25, -0.2) is 4.98 Å². The highest BCUT2D eigenvalue weighted by atomic mass is 16.6.